The first-order chi connectivity index (χ1) is 11.0. The predicted octanol–water partition coefficient (Wildman–Crippen LogP) is 3.28. The summed E-state index contributed by atoms with van der Waals surface area (Å²) in [5.41, 5.74) is 1.73. The summed E-state index contributed by atoms with van der Waals surface area (Å²) in [4.78, 5) is 12.8. The van der Waals surface area contributed by atoms with Crippen LogP contribution >= 0.6 is 12.2 Å². The van der Waals surface area contributed by atoms with Crippen LogP contribution in [-0.4, -0.2) is 18.8 Å². The number of rotatable bonds is 3. The van der Waals surface area contributed by atoms with Crippen LogP contribution in [0.3, 0.4) is 0 Å². The summed E-state index contributed by atoms with van der Waals surface area (Å²) in [6, 6.07) is 9.81. The van der Waals surface area contributed by atoms with Crippen molar-refractivity contribution >= 4 is 23.1 Å². The Morgan fingerprint density at radius 3 is 2.39 bits per heavy atom. The van der Waals surface area contributed by atoms with Crippen LogP contribution in [0.25, 0.3) is 22.2 Å². The third-order valence-corrected chi connectivity index (χ3v) is 4.68. The molecule has 6 heteroatoms. The Bertz CT molecular complexity index is 1010. The van der Waals surface area contributed by atoms with Gasteiger partial charge in [-0.2, -0.15) is 0 Å². The van der Waals surface area contributed by atoms with Crippen molar-refractivity contribution in [3.8, 4) is 17.1 Å². The van der Waals surface area contributed by atoms with E-state index in [4.69, 9.17) is 12.2 Å². The van der Waals surface area contributed by atoms with E-state index in [-0.39, 0.29) is 11.4 Å². The van der Waals surface area contributed by atoms with Crippen LogP contribution in [0.2, 0.25) is 0 Å². The smallest absolute Gasteiger partial charge is 0.267 e. The van der Waals surface area contributed by atoms with E-state index in [0.717, 1.165) is 10.9 Å². The van der Waals surface area contributed by atoms with E-state index in [1.165, 1.54) is 4.57 Å². The molecule has 0 amide bonds. The number of fused-ring (bicyclic) bond motifs is 1. The molecular formula is C17H19N3O2S. The third-order valence-electron chi connectivity index (χ3n) is 4.24. The number of aromatic nitrogens is 3. The Labute approximate surface area is 139 Å². The second-order valence-electron chi connectivity index (χ2n) is 5.42. The molecule has 0 fully saturated rings. The highest BCUT2D eigenvalue weighted by Crippen LogP contribution is 2.30. The van der Waals surface area contributed by atoms with Gasteiger partial charge in [0.2, 0.25) is 5.88 Å². The van der Waals surface area contributed by atoms with Gasteiger partial charge in [-0.05, 0) is 38.2 Å². The zero-order chi connectivity index (χ0) is 16.7. The number of hydrogen-bond acceptors (Lipinski definition) is 3. The molecule has 23 heavy (non-hydrogen) atoms. The molecule has 1 aromatic carbocycles. The maximum absolute atomic E-state index is 12.8. The first-order valence-corrected chi connectivity index (χ1v) is 8.03. The lowest BCUT2D eigenvalue weighted by Gasteiger charge is -2.16. The zero-order valence-corrected chi connectivity index (χ0v) is 14.2. The molecule has 0 spiro atoms. The van der Waals surface area contributed by atoms with Crippen molar-refractivity contribution in [2.45, 2.75) is 26.9 Å². The largest absolute Gasteiger partial charge is 0.494 e. The molecule has 0 aliphatic heterocycles. The van der Waals surface area contributed by atoms with Gasteiger partial charge in [-0.25, -0.2) is 0 Å². The van der Waals surface area contributed by atoms with E-state index in [0.29, 0.717) is 29.1 Å². The van der Waals surface area contributed by atoms with Gasteiger partial charge < -0.3 is 9.67 Å². The Morgan fingerprint density at radius 1 is 1.13 bits per heavy atom. The molecule has 2 heterocycles. The SMILES string of the molecule is CCn1c(O)c(-c2cc3ccccc3n2C)c(=O)n(CC)c1=S. The molecule has 5 nitrogen and oxygen atoms in total. The predicted molar refractivity (Wildman–Crippen MR) is 94.5 cm³/mol. The van der Waals surface area contributed by atoms with Gasteiger partial charge in [-0.3, -0.25) is 13.9 Å². The van der Waals surface area contributed by atoms with Crippen LogP contribution in [0, 0.1) is 4.77 Å². The van der Waals surface area contributed by atoms with Crippen molar-refractivity contribution in [1.82, 2.24) is 13.7 Å². The van der Waals surface area contributed by atoms with Gasteiger partial charge in [-0.15, -0.1) is 0 Å². The Balaban J connectivity index is 2.46. The van der Waals surface area contributed by atoms with Crippen LogP contribution in [0.4, 0.5) is 0 Å². The van der Waals surface area contributed by atoms with Gasteiger partial charge >= 0.3 is 0 Å². The lowest BCUT2D eigenvalue weighted by molar-refractivity contribution is 0.403. The number of hydrogen-bond donors (Lipinski definition) is 1. The van der Waals surface area contributed by atoms with Crippen molar-refractivity contribution < 1.29 is 5.11 Å². The second kappa shape index (κ2) is 5.70. The number of aryl methyl sites for hydroxylation is 1. The molecule has 3 aromatic rings. The molecule has 0 saturated heterocycles. The number of benzene rings is 1. The van der Waals surface area contributed by atoms with Crippen LogP contribution < -0.4 is 5.56 Å². The molecule has 0 atom stereocenters. The lowest BCUT2D eigenvalue weighted by atomic mass is 10.2. The molecule has 2 aromatic heterocycles. The molecule has 0 unspecified atom stereocenters. The molecule has 0 aliphatic carbocycles. The zero-order valence-electron chi connectivity index (χ0n) is 13.4. The number of aromatic hydroxyl groups is 1. The Morgan fingerprint density at radius 2 is 1.78 bits per heavy atom. The van der Waals surface area contributed by atoms with E-state index in [1.807, 2.05) is 55.8 Å². The fraction of sp³-hybridized carbons (Fsp3) is 0.294. The van der Waals surface area contributed by atoms with E-state index in [1.54, 1.807) is 4.57 Å². The molecule has 0 bridgehead atoms. The van der Waals surface area contributed by atoms with Crippen molar-refractivity contribution in [1.29, 1.82) is 0 Å². The first-order valence-electron chi connectivity index (χ1n) is 7.62. The molecule has 0 radical (unpaired) electrons. The Hall–Kier alpha value is -2.34. The first kappa shape index (κ1) is 15.6. The standard InChI is InChI=1S/C17H19N3O2S/c1-4-19-15(21)14(16(22)20(5-2)17(19)23)13-10-11-8-6-7-9-12(11)18(13)3/h6-10,21H,4-5H2,1-3H3. The van der Waals surface area contributed by atoms with Crippen LogP contribution in [0.1, 0.15) is 13.8 Å². The maximum atomic E-state index is 12.8. The lowest BCUT2D eigenvalue weighted by Crippen LogP contribution is -2.26. The summed E-state index contributed by atoms with van der Waals surface area (Å²) < 4.78 is 5.38. The highest BCUT2D eigenvalue weighted by molar-refractivity contribution is 7.71. The summed E-state index contributed by atoms with van der Waals surface area (Å²) in [5, 5.41) is 11.7. The fourth-order valence-corrected chi connectivity index (χ4v) is 3.43. The van der Waals surface area contributed by atoms with Gasteiger partial charge in [0.1, 0.15) is 5.56 Å². The monoisotopic (exact) mass is 329 g/mol. The van der Waals surface area contributed by atoms with Gasteiger partial charge in [0.05, 0.1) is 5.69 Å². The van der Waals surface area contributed by atoms with Gasteiger partial charge in [0.25, 0.3) is 5.56 Å². The van der Waals surface area contributed by atoms with E-state index in [9.17, 15) is 9.90 Å². The van der Waals surface area contributed by atoms with Crippen LogP contribution in [0.5, 0.6) is 5.88 Å². The van der Waals surface area contributed by atoms with Gasteiger partial charge in [-0.1, -0.05) is 18.2 Å². The molecule has 1 N–H and O–H groups in total. The average molecular weight is 329 g/mol. The number of para-hydroxylation sites is 1. The van der Waals surface area contributed by atoms with E-state index in [2.05, 4.69) is 0 Å². The molecule has 120 valence electrons. The molecular weight excluding hydrogens is 310 g/mol. The highest BCUT2D eigenvalue weighted by atomic mass is 32.1. The maximum Gasteiger partial charge on any atom is 0.267 e. The van der Waals surface area contributed by atoms with Crippen LogP contribution in [0.15, 0.2) is 35.1 Å². The van der Waals surface area contributed by atoms with Gasteiger partial charge in [0, 0.05) is 31.0 Å². The minimum atomic E-state index is -0.259. The summed E-state index contributed by atoms with van der Waals surface area (Å²) in [6.45, 7) is 4.74. The third kappa shape index (κ3) is 2.21. The van der Waals surface area contributed by atoms with Gasteiger partial charge in [0.15, 0.2) is 4.77 Å². The fourth-order valence-electron chi connectivity index (χ4n) is 3.01. The number of nitrogens with zero attached hydrogens (tertiary/aromatic N) is 3. The summed E-state index contributed by atoms with van der Waals surface area (Å²) in [6.07, 6.45) is 0. The minimum absolute atomic E-state index is 0.0712. The van der Waals surface area contributed by atoms with Crippen molar-refractivity contribution in [3.63, 3.8) is 0 Å². The Kier molecular flexibility index (Phi) is 3.85. The normalized spacial score (nSPS) is 11.3. The summed E-state index contributed by atoms with van der Waals surface area (Å²) >= 11 is 5.33. The average Bonchev–Trinajstić information content (AvgIpc) is 2.86. The van der Waals surface area contributed by atoms with Crippen molar-refractivity contribution in [3.05, 3.63) is 45.5 Å². The topological polar surface area (TPSA) is 52.1 Å². The van der Waals surface area contributed by atoms with E-state index < -0.39 is 0 Å². The van der Waals surface area contributed by atoms with Crippen molar-refractivity contribution in [2.24, 2.45) is 7.05 Å². The quantitative estimate of drug-likeness (QED) is 0.750. The molecule has 0 aliphatic rings. The summed E-state index contributed by atoms with van der Waals surface area (Å²) in [5.74, 6) is -0.0712. The highest BCUT2D eigenvalue weighted by Gasteiger charge is 2.20. The van der Waals surface area contributed by atoms with Crippen LogP contribution in [-0.2, 0) is 20.1 Å². The second-order valence-corrected chi connectivity index (χ2v) is 5.79. The summed E-state index contributed by atoms with van der Waals surface area (Å²) in [7, 11) is 1.89. The molecule has 0 saturated carbocycles. The minimum Gasteiger partial charge on any atom is -0.494 e. The van der Waals surface area contributed by atoms with Crippen molar-refractivity contribution in [2.75, 3.05) is 0 Å². The van der Waals surface area contributed by atoms with E-state index >= 15 is 0 Å². The molecule has 3 rings (SSSR count).